The number of halogens is 5. The Kier molecular flexibility index (Phi) is 3.03. The van der Waals surface area contributed by atoms with Gasteiger partial charge in [0.15, 0.2) is 0 Å². The third kappa shape index (κ3) is 2.12. The highest BCUT2D eigenvalue weighted by Crippen LogP contribution is 2.37. The molecule has 1 rings (SSSR count). The molecule has 0 aliphatic carbocycles. The minimum Gasteiger partial charge on any atom is -0.166 e. The van der Waals surface area contributed by atoms with Gasteiger partial charge in [0.2, 0.25) is 0 Å². The van der Waals surface area contributed by atoms with Gasteiger partial charge in [-0.2, -0.15) is 13.2 Å². The lowest BCUT2D eigenvalue weighted by Gasteiger charge is -2.10. The van der Waals surface area contributed by atoms with Crippen LogP contribution in [-0.4, -0.2) is 0 Å². The van der Waals surface area contributed by atoms with Crippen molar-refractivity contribution in [2.24, 2.45) is 0 Å². The normalized spacial score (nSPS) is 11.8. The van der Waals surface area contributed by atoms with Crippen molar-refractivity contribution in [3.05, 3.63) is 31.8 Å². The molecule has 0 aromatic heterocycles. The molecule has 5 heteroatoms. The summed E-state index contributed by atoms with van der Waals surface area (Å²) in [6.45, 7) is 0. The molecule has 0 saturated carbocycles. The first kappa shape index (κ1) is 10.3. The van der Waals surface area contributed by atoms with Crippen molar-refractivity contribution < 1.29 is 13.2 Å². The molecule has 1 aromatic carbocycles. The zero-order valence-corrected chi connectivity index (χ0v) is 9.37. The molecule has 0 saturated heterocycles. The van der Waals surface area contributed by atoms with Gasteiger partial charge in [-0.15, -0.1) is 0 Å². The van der Waals surface area contributed by atoms with Crippen molar-refractivity contribution in [2.75, 3.05) is 0 Å². The lowest BCUT2D eigenvalue weighted by Crippen LogP contribution is -2.08. The van der Waals surface area contributed by atoms with Crippen LogP contribution in [0.15, 0.2) is 22.7 Å². The fourth-order valence-electron chi connectivity index (χ4n) is 0.769. The minimum absolute atomic E-state index is 0.0851. The summed E-state index contributed by atoms with van der Waals surface area (Å²) >= 11 is 4.52. The Morgan fingerprint density at radius 1 is 1.25 bits per heavy atom. The van der Waals surface area contributed by atoms with Gasteiger partial charge in [-0.1, -0.05) is 22.0 Å². The second-order valence-corrected chi connectivity index (χ2v) is 4.11. The quantitative estimate of drug-likeness (QED) is 0.619. The Balaban J connectivity index is 3.31. The number of alkyl halides is 3. The summed E-state index contributed by atoms with van der Waals surface area (Å²) in [5, 5.41) is 0. The van der Waals surface area contributed by atoms with E-state index >= 15 is 0 Å². The average Bonchev–Trinajstić information content (AvgIpc) is 1.82. The van der Waals surface area contributed by atoms with Gasteiger partial charge >= 0.3 is 6.18 Å². The molecule has 1 aromatic rings. The standard InChI is InChI=1S/C7H3BrF3I/c8-4-2-1-3-5(12)6(4)7(9,10)11/h1-3H. The first-order chi connectivity index (χ1) is 5.43. The maximum absolute atomic E-state index is 12.3. The van der Waals surface area contributed by atoms with Crippen LogP contribution in [0.1, 0.15) is 5.56 Å². The molecule has 0 atom stereocenters. The summed E-state index contributed by atoms with van der Waals surface area (Å²) in [6, 6.07) is 4.38. The number of hydrogen-bond acceptors (Lipinski definition) is 0. The van der Waals surface area contributed by atoms with Crippen LogP contribution in [-0.2, 0) is 6.18 Å². The summed E-state index contributed by atoms with van der Waals surface area (Å²) in [5.41, 5.74) is -0.606. The van der Waals surface area contributed by atoms with E-state index in [9.17, 15) is 13.2 Å². The second-order valence-electron chi connectivity index (χ2n) is 2.09. The van der Waals surface area contributed by atoms with Crippen LogP contribution in [0.4, 0.5) is 13.2 Å². The van der Waals surface area contributed by atoms with Crippen LogP contribution >= 0.6 is 38.5 Å². The van der Waals surface area contributed by atoms with Crippen LogP contribution in [0.5, 0.6) is 0 Å². The van der Waals surface area contributed by atoms with Crippen LogP contribution in [0.2, 0.25) is 0 Å². The molecule has 0 spiro atoms. The van der Waals surface area contributed by atoms with E-state index in [0.717, 1.165) is 0 Å². The molecule has 0 aliphatic rings. The maximum Gasteiger partial charge on any atom is 0.418 e. The predicted molar refractivity (Wildman–Crippen MR) is 51.9 cm³/mol. The third-order valence-electron chi connectivity index (χ3n) is 1.25. The van der Waals surface area contributed by atoms with Gasteiger partial charge in [0.25, 0.3) is 0 Å². The SMILES string of the molecule is FC(F)(F)c1c(Br)cccc1I. The largest absolute Gasteiger partial charge is 0.418 e. The van der Waals surface area contributed by atoms with Gasteiger partial charge in [0.1, 0.15) is 0 Å². The van der Waals surface area contributed by atoms with E-state index < -0.39 is 11.7 Å². The van der Waals surface area contributed by atoms with Crippen molar-refractivity contribution in [1.82, 2.24) is 0 Å². The number of rotatable bonds is 0. The van der Waals surface area contributed by atoms with E-state index in [1.54, 1.807) is 28.7 Å². The molecule has 0 N–H and O–H groups in total. The molecular formula is C7H3BrF3I. The highest BCUT2D eigenvalue weighted by atomic mass is 127. The van der Waals surface area contributed by atoms with Crippen molar-refractivity contribution in [3.8, 4) is 0 Å². The van der Waals surface area contributed by atoms with Crippen LogP contribution in [0.25, 0.3) is 0 Å². The van der Waals surface area contributed by atoms with Crippen molar-refractivity contribution in [1.29, 1.82) is 0 Å². The first-order valence-electron chi connectivity index (χ1n) is 2.94. The van der Waals surface area contributed by atoms with Gasteiger partial charge in [-0.3, -0.25) is 0 Å². The van der Waals surface area contributed by atoms with E-state index in [1.165, 1.54) is 12.1 Å². The summed E-state index contributed by atoms with van der Waals surface area (Å²) < 4.78 is 37.1. The Morgan fingerprint density at radius 3 is 2.17 bits per heavy atom. The van der Waals surface area contributed by atoms with E-state index in [2.05, 4.69) is 15.9 Å². The summed E-state index contributed by atoms with van der Waals surface area (Å²) in [4.78, 5) is 0. The molecule has 0 aliphatic heterocycles. The molecule has 0 unspecified atom stereocenters. The van der Waals surface area contributed by atoms with Crippen molar-refractivity contribution in [2.45, 2.75) is 6.18 Å². The zero-order chi connectivity index (χ0) is 9.35. The third-order valence-corrected chi connectivity index (χ3v) is 2.81. The fraction of sp³-hybridized carbons (Fsp3) is 0.143. The molecule has 0 bridgehead atoms. The van der Waals surface area contributed by atoms with E-state index in [1.807, 2.05) is 0 Å². The van der Waals surface area contributed by atoms with Crippen LogP contribution in [0.3, 0.4) is 0 Å². The number of hydrogen-bond donors (Lipinski definition) is 0. The highest BCUT2D eigenvalue weighted by Gasteiger charge is 2.34. The van der Waals surface area contributed by atoms with E-state index in [4.69, 9.17) is 0 Å². The van der Waals surface area contributed by atoms with Crippen molar-refractivity contribution >= 4 is 38.5 Å². The van der Waals surface area contributed by atoms with Gasteiger partial charge in [0.05, 0.1) is 5.56 Å². The predicted octanol–water partition coefficient (Wildman–Crippen LogP) is 4.07. The Bertz CT molecular complexity index is 275. The molecule has 0 nitrogen and oxygen atoms in total. The van der Waals surface area contributed by atoms with Crippen LogP contribution < -0.4 is 0 Å². The Labute approximate surface area is 89.4 Å². The monoisotopic (exact) mass is 350 g/mol. The Morgan fingerprint density at radius 2 is 1.83 bits per heavy atom. The van der Waals surface area contributed by atoms with Gasteiger partial charge in [0, 0.05) is 8.04 Å². The van der Waals surface area contributed by atoms with Gasteiger partial charge < -0.3 is 0 Å². The first-order valence-corrected chi connectivity index (χ1v) is 4.81. The van der Waals surface area contributed by atoms with E-state index in [0.29, 0.717) is 0 Å². The zero-order valence-electron chi connectivity index (χ0n) is 5.62. The topological polar surface area (TPSA) is 0 Å². The molecule has 12 heavy (non-hydrogen) atoms. The lowest BCUT2D eigenvalue weighted by molar-refractivity contribution is -0.138. The molecule has 0 fully saturated rings. The van der Waals surface area contributed by atoms with Gasteiger partial charge in [-0.05, 0) is 34.7 Å². The molecule has 0 heterocycles. The summed E-state index contributed by atoms with van der Waals surface area (Å²) in [7, 11) is 0. The fourth-order valence-corrected chi connectivity index (χ4v) is 2.53. The second kappa shape index (κ2) is 3.53. The lowest BCUT2D eigenvalue weighted by atomic mass is 10.2. The highest BCUT2D eigenvalue weighted by molar-refractivity contribution is 14.1. The summed E-state index contributed by atoms with van der Waals surface area (Å²) in [5.74, 6) is 0. The van der Waals surface area contributed by atoms with Crippen LogP contribution in [0, 0.1) is 3.57 Å². The maximum atomic E-state index is 12.3. The molecule has 0 radical (unpaired) electrons. The number of benzene rings is 1. The smallest absolute Gasteiger partial charge is 0.166 e. The van der Waals surface area contributed by atoms with E-state index in [-0.39, 0.29) is 8.04 Å². The average molecular weight is 351 g/mol. The molecule has 0 amide bonds. The Hall–Kier alpha value is 0.220. The molecular weight excluding hydrogens is 348 g/mol. The van der Waals surface area contributed by atoms with Crippen molar-refractivity contribution in [3.63, 3.8) is 0 Å². The molecule has 66 valence electrons. The minimum atomic E-state index is -4.28. The summed E-state index contributed by atoms with van der Waals surface area (Å²) in [6.07, 6.45) is -4.28. The van der Waals surface area contributed by atoms with Gasteiger partial charge in [-0.25, -0.2) is 0 Å².